The number of nitrogens with one attached hydrogen (secondary N) is 1. The minimum Gasteiger partial charge on any atom is -0.493 e. The van der Waals surface area contributed by atoms with Crippen LogP contribution in [0.4, 0.5) is 5.69 Å². The van der Waals surface area contributed by atoms with Crippen LogP contribution in [0, 0.1) is 0 Å². The Balaban J connectivity index is 1.76. The third-order valence-electron chi connectivity index (χ3n) is 3.00. The number of halogens is 1. The highest BCUT2D eigenvalue weighted by atomic mass is 35.5. The number of rotatable bonds is 7. The maximum atomic E-state index is 11.8. The lowest BCUT2D eigenvalue weighted by Crippen LogP contribution is -2.15. The fourth-order valence-electron chi connectivity index (χ4n) is 1.90. The van der Waals surface area contributed by atoms with Gasteiger partial charge < -0.3 is 15.2 Å². The molecule has 120 valence electrons. The van der Waals surface area contributed by atoms with Gasteiger partial charge in [0.25, 0.3) is 0 Å². The lowest BCUT2D eigenvalue weighted by molar-refractivity contribution is -0.136. The highest BCUT2D eigenvalue weighted by molar-refractivity contribution is 6.30. The van der Waals surface area contributed by atoms with Crippen molar-refractivity contribution in [2.45, 2.75) is 12.8 Å². The van der Waals surface area contributed by atoms with Crippen LogP contribution in [0.2, 0.25) is 5.02 Å². The van der Waals surface area contributed by atoms with Crippen LogP contribution in [0.25, 0.3) is 0 Å². The van der Waals surface area contributed by atoms with E-state index >= 15 is 0 Å². The molecule has 23 heavy (non-hydrogen) atoms. The highest BCUT2D eigenvalue weighted by Gasteiger charge is 2.05. The summed E-state index contributed by atoms with van der Waals surface area (Å²) >= 11 is 5.77. The number of hydrogen-bond donors (Lipinski definition) is 2. The van der Waals surface area contributed by atoms with E-state index in [4.69, 9.17) is 21.4 Å². The topological polar surface area (TPSA) is 75.6 Å². The second-order valence-electron chi connectivity index (χ2n) is 4.87. The number of benzene rings is 2. The van der Waals surface area contributed by atoms with E-state index in [0.29, 0.717) is 22.0 Å². The first-order chi connectivity index (χ1) is 11.0. The lowest BCUT2D eigenvalue weighted by Gasteiger charge is -2.08. The quantitative estimate of drug-likeness (QED) is 0.814. The molecular weight excluding hydrogens is 318 g/mol. The highest BCUT2D eigenvalue weighted by Crippen LogP contribution is 2.16. The fourth-order valence-corrected chi connectivity index (χ4v) is 2.02. The average molecular weight is 334 g/mol. The molecule has 0 saturated heterocycles. The lowest BCUT2D eigenvalue weighted by atomic mass is 10.1. The summed E-state index contributed by atoms with van der Waals surface area (Å²) in [6.07, 6.45) is 0.169. The normalized spacial score (nSPS) is 10.1. The van der Waals surface area contributed by atoms with E-state index in [1.165, 1.54) is 0 Å². The zero-order valence-electron chi connectivity index (χ0n) is 12.3. The Kier molecular flexibility index (Phi) is 6.00. The van der Waals surface area contributed by atoms with Gasteiger partial charge in [-0.2, -0.15) is 0 Å². The molecule has 0 atom stereocenters. The molecule has 0 bridgehead atoms. The molecular formula is C17H16ClNO4. The van der Waals surface area contributed by atoms with Crippen LogP contribution in [0.1, 0.15) is 12.0 Å². The Hall–Kier alpha value is -2.53. The summed E-state index contributed by atoms with van der Waals surface area (Å²) in [6.45, 7) is 0.255. The van der Waals surface area contributed by atoms with Gasteiger partial charge in [0.2, 0.25) is 5.91 Å². The summed E-state index contributed by atoms with van der Waals surface area (Å²) in [5, 5.41) is 12.1. The molecule has 2 rings (SSSR count). The molecule has 0 heterocycles. The zero-order valence-corrected chi connectivity index (χ0v) is 13.0. The van der Waals surface area contributed by atoms with Crippen molar-refractivity contribution in [3.8, 4) is 5.75 Å². The predicted octanol–water partition coefficient (Wildman–Crippen LogP) is 3.37. The largest absolute Gasteiger partial charge is 0.493 e. The molecule has 0 aliphatic carbocycles. The summed E-state index contributed by atoms with van der Waals surface area (Å²) < 4.78 is 5.45. The number of amides is 1. The molecule has 5 nitrogen and oxygen atoms in total. The summed E-state index contributed by atoms with van der Waals surface area (Å²) in [5.41, 5.74) is 1.30. The van der Waals surface area contributed by atoms with Crippen LogP contribution in [-0.4, -0.2) is 23.6 Å². The number of carbonyl (C=O) groups is 2. The van der Waals surface area contributed by atoms with Gasteiger partial charge in [0, 0.05) is 10.7 Å². The van der Waals surface area contributed by atoms with Crippen molar-refractivity contribution in [3.05, 3.63) is 59.1 Å². The fraction of sp³-hybridized carbons (Fsp3) is 0.176. The second-order valence-corrected chi connectivity index (χ2v) is 5.30. The van der Waals surface area contributed by atoms with Crippen LogP contribution < -0.4 is 10.1 Å². The maximum Gasteiger partial charge on any atom is 0.307 e. The predicted molar refractivity (Wildman–Crippen MR) is 88.0 cm³/mol. The van der Waals surface area contributed by atoms with Crippen molar-refractivity contribution in [2.75, 3.05) is 11.9 Å². The summed E-state index contributed by atoms with van der Waals surface area (Å²) in [4.78, 5) is 22.4. The molecule has 2 aromatic carbocycles. The van der Waals surface area contributed by atoms with Crippen LogP contribution >= 0.6 is 11.6 Å². The Labute approximate surface area is 138 Å². The standard InChI is InChI=1S/C17H16ClNO4/c18-13-3-7-15(8-4-13)23-10-9-16(20)19-14-5-1-12(2-6-14)11-17(21)22/h1-8H,9-11H2,(H,19,20)(H,21,22). The van der Waals surface area contributed by atoms with Crippen molar-refractivity contribution >= 4 is 29.2 Å². The molecule has 2 N–H and O–H groups in total. The molecule has 0 aromatic heterocycles. The van der Waals surface area contributed by atoms with Crippen LogP contribution in [-0.2, 0) is 16.0 Å². The van der Waals surface area contributed by atoms with Gasteiger partial charge in [-0.3, -0.25) is 9.59 Å². The third-order valence-corrected chi connectivity index (χ3v) is 3.26. The number of aliphatic carboxylic acids is 1. The van der Waals surface area contributed by atoms with Crippen LogP contribution in [0.15, 0.2) is 48.5 Å². The Morgan fingerprint density at radius 1 is 1.04 bits per heavy atom. The minimum absolute atomic E-state index is 0.0385. The number of anilines is 1. The summed E-state index contributed by atoms with van der Waals surface area (Å²) in [6, 6.07) is 13.6. The van der Waals surface area contributed by atoms with E-state index in [2.05, 4.69) is 5.32 Å². The SMILES string of the molecule is O=C(O)Cc1ccc(NC(=O)CCOc2ccc(Cl)cc2)cc1. The van der Waals surface area contributed by atoms with E-state index in [1.54, 1.807) is 48.5 Å². The van der Waals surface area contributed by atoms with Crippen molar-refractivity contribution < 1.29 is 19.4 Å². The number of carbonyl (C=O) groups excluding carboxylic acids is 1. The summed E-state index contributed by atoms with van der Waals surface area (Å²) in [7, 11) is 0. The van der Waals surface area contributed by atoms with Crippen molar-refractivity contribution in [1.82, 2.24) is 0 Å². The second kappa shape index (κ2) is 8.19. The van der Waals surface area contributed by atoms with E-state index in [9.17, 15) is 9.59 Å². The molecule has 0 saturated carbocycles. The Morgan fingerprint density at radius 2 is 1.70 bits per heavy atom. The van der Waals surface area contributed by atoms with Gasteiger partial charge in [-0.1, -0.05) is 23.7 Å². The van der Waals surface area contributed by atoms with Gasteiger partial charge in [-0.25, -0.2) is 0 Å². The summed E-state index contributed by atoms with van der Waals surface area (Å²) in [5.74, 6) is -0.411. The van der Waals surface area contributed by atoms with Gasteiger partial charge in [0.15, 0.2) is 0 Å². The molecule has 1 amide bonds. The van der Waals surface area contributed by atoms with Crippen molar-refractivity contribution in [2.24, 2.45) is 0 Å². The smallest absolute Gasteiger partial charge is 0.307 e. The molecule has 0 radical (unpaired) electrons. The first-order valence-electron chi connectivity index (χ1n) is 7.02. The Bertz CT molecular complexity index is 668. The first-order valence-corrected chi connectivity index (χ1v) is 7.39. The van der Waals surface area contributed by atoms with E-state index in [1.807, 2.05) is 0 Å². The van der Waals surface area contributed by atoms with Crippen LogP contribution in [0.3, 0.4) is 0 Å². The number of carboxylic acids is 1. The Morgan fingerprint density at radius 3 is 2.30 bits per heavy atom. The van der Waals surface area contributed by atoms with Gasteiger partial charge >= 0.3 is 5.97 Å². The number of carboxylic acid groups (broad SMARTS) is 1. The van der Waals surface area contributed by atoms with Gasteiger partial charge in [-0.05, 0) is 42.0 Å². The molecule has 0 aliphatic heterocycles. The van der Waals surface area contributed by atoms with Crippen molar-refractivity contribution in [1.29, 1.82) is 0 Å². The van der Waals surface area contributed by atoms with Crippen LogP contribution in [0.5, 0.6) is 5.75 Å². The monoisotopic (exact) mass is 333 g/mol. The zero-order chi connectivity index (χ0) is 16.7. The molecule has 0 aliphatic rings. The van der Waals surface area contributed by atoms with E-state index < -0.39 is 5.97 Å². The van der Waals surface area contributed by atoms with Gasteiger partial charge in [-0.15, -0.1) is 0 Å². The number of hydrogen-bond acceptors (Lipinski definition) is 3. The average Bonchev–Trinajstić information content (AvgIpc) is 2.51. The molecule has 0 unspecified atom stereocenters. The van der Waals surface area contributed by atoms with Gasteiger partial charge in [0.1, 0.15) is 5.75 Å². The van der Waals surface area contributed by atoms with E-state index in [-0.39, 0.29) is 25.4 Å². The molecule has 0 spiro atoms. The molecule has 2 aromatic rings. The minimum atomic E-state index is -0.888. The molecule has 6 heteroatoms. The third kappa shape index (κ3) is 6.00. The maximum absolute atomic E-state index is 11.8. The molecule has 0 fully saturated rings. The number of ether oxygens (including phenoxy) is 1. The van der Waals surface area contributed by atoms with E-state index in [0.717, 1.165) is 0 Å². The van der Waals surface area contributed by atoms with Gasteiger partial charge in [0.05, 0.1) is 19.4 Å². The first kappa shape index (κ1) is 16.8. The van der Waals surface area contributed by atoms with Crippen molar-refractivity contribution in [3.63, 3.8) is 0 Å².